The van der Waals surface area contributed by atoms with Crippen LogP contribution in [-0.2, 0) is 30.3 Å². The van der Waals surface area contributed by atoms with E-state index in [0.717, 1.165) is 5.56 Å². The van der Waals surface area contributed by atoms with Gasteiger partial charge in [-0.25, -0.2) is 0 Å². The van der Waals surface area contributed by atoms with Crippen LogP contribution >= 0.6 is 0 Å². The van der Waals surface area contributed by atoms with Gasteiger partial charge in [-0.15, -0.1) is 0 Å². The zero-order chi connectivity index (χ0) is 16.9. The van der Waals surface area contributed by atoms with Gasteiger partial charge in [-0.2, -0.15) is 0 Å². The molecule has 0 bridgehead atoms. The number of esters is 1. The Morgan fingerprint density at radius 1 is 1.25 bits per heavy atom. The predicted octanol–water partition coefficient (Wildman–Crippen LogP) is 1.60. The number of hydrogen-bond acceptors (Lipinski definition) is 6. The summed E-state index contributed by atoms with van der Waals surface area (Å²) in [5.41, 5.74) is 0.933. The number of carbonyl (C=O) groups excluding carboxylic acids is 1. The van der Waals surface area contributed by atoms with E-state index in [9.17, 15) is 9.90 Å². The summed E-state index contributed by atoms with van der Waals surface area (Å²) in [6.45, 7) is 3.86. The van der Waals surface area contributed by atoms with E-state index in [-0.39, 0.29) is 24.6 Å². The predicted molar refractivity (Wildman–Crippen MR) is 82.5 cm³/mol. The molecule has 1 N–H and O–H groups in total. The molecule has 1 aromatic rings. The third kappa shape index (κ3) is 2.73. The highest BCUT2D eigenvalue weighted by atomic mass is 16.8. The first kappa shape index (κ1) is 16.0. The molecule has 4 rings (SSSR count). The fraction of sp³-hybridized carbons (Fsp3) is 0.611. The van der Waals surface area contributed by atoms with Gasteiger partial charge in [0.05, 0.1) is 18.1 Å². The van der Waals surface area contributed by atoms with Gasteiger partial charge in [0, 0.05) is 5.92 Å². The van der Waals surface area contributed by atoms with Crippen molar-refractivity contribution in [2.45, 2.75) is 57.3 Å². The summed E-state index contributed by atoms with van der Waals surface area (Å²) < 4.78 is 22.9. The average molecular weight is 334 g/mol. The molecule has 3 fully saturated rings. The maximum absolute atomic E-state index is 12.6. The highest BCUT2D eigenvalue weighted by Crippen LogP contribution is 2.50. The van der Waals surface area contributed by atoms with Gasteiger partial charge in [0.15, 0.2) is 12.1 Å². The largest absolute Gasteiger partial charge is 0.461 e. The number of aliphatic hydroxyl groups is 1. The molecular weight excluding hydrogens is 312 g/mol. The highest BCUT2D eigenvalue weighted by molar-refractivity contribution is 5.73. The first-order valence-electron chi connectivity index (χ1n) is 8.34. The van der Waals surface area contributed by atoms with Crippen molar-refractivity contribution in [1.29, 1.82) is 0 Å². The maximum atomic E-state index is 12.6. The van der Waals surface area contributed by atoms with E-state index in [1.807, 2.05) is 44.2 Å². The summed E-state index contributed by atoms with van der Waals surface area (Å²) in [4.78, 5) is 12.6. The van der Waals surface area contributed by atoms with Crippen LogP contribution in [0.5, 0.6) is 0 Å². The van der Waals surface area contributed by atoms with Gasteiger partial charge in [0.2, 0.25) is 0 Å². The number of fused-ring (bicyclic) bond motifs is 3. The number of benzene rings is 1. The smallest absolute Gasteiger partial charge is 0.309 e. The number of aliphatic hydroxyl groups excluding tert-OH is 1. The summed E-state index contributed by atoms with van der Waals surface area (Å²) in [5, 5.41) is 10.2. The van der Waals surface area contributed by atoms with Crippen LogP contribution in [0.2, 0.25) is 0 Å². The first-order chi connectivity index (χ1) is 11.4. The summed E-state index contributed by atoms with van der Waals surface area (Å²) >= 11 is 0. The first-order valence-corrected chi connectivity index (χ1v) is 8.34. The highest BCUT2D eigenvalue weighted by Gasteiger charge is 2.63. The van der Waals surface area contributed by atoms with Crippen molar-refractivity contribution in [2.24, 2.45) is 11.8 Å². The van der Waals surface area contributed by atoms with E-state index in [1.165, 1.54) is 0 Å². The molecule has 1 saturated carbocycles. The summed E-state index contributed by atoms with van der Waals surface area (Å²) in [7, 11) is 0. The number of carbonyl (C=O) groups is 1. The van der Waals surface area contributed by atoms with Crippen LogP contribution in [0.25, 0.3) is 0 Å². The van der Waals surface area contributed by atoms with Crippen molar-refractivity contribution in [3.8, 4) is 0 Å². The molecule has 2 saturated heterocycles. The van der Waals surface area contributed by atoms with Gasteiger partial charge in [-0.3, -0.25) is 4.79 Å². The lowest BCUT2D eigenvalue weighted by Crippen LogP contribution is -2.35. The van der Waals surface area contributed by atoms with E-state index >= 15 is 0 Å². The number of ether oxygens (including phenoxy) is 4. The molecule has 0 radical (unpaired) electrons. The normalized spacial score (nSPS) is 39.5. The van der Waals surface area contributed by atoms with Crippen molar-refractivity contribution >= 4 is 5.97 Å². The molecule has 1 aromatic carbocycles. The summed E-state index contributed by atoms with van der Waals surface area (Å²) in [5.74, 6) is -1.74. The van der Waals surface area contributed by atoms with Gasteiger partial charge in [-0.05, 0) is 25.8 Å². The van der Waals surface area contributed by atoms with Crippen LogP contribution in [0.4, 0.5) is 0 Å². The Hall–Kier alpha value is -1.47. The van der Waals surface area contributed by atoms with Crippen molar-refractivity contribution in [1.82, 2.24) is 0 Å². The average Bonchev–Trinajstić information content (AvgIpc) is 3.14. The molecule has 2 heterocycles. The van der Waals surface area contributed by atoms with Crippen LogP contribution in [-0.4, -0.2) is 41.5 Å². The lowest BCUT2D eigenvalue weighted by molar-refractivity contribution is -0.216. The van der Waals surface area contributed by atoms with E-state index in [2.05, 4.69) is 0 Å². The maximum Gasteiger partial charge on any atom is 0.309 e. The summed E-state index contributed by atoms with van der Waals surface area (Å²) in [6, 6.07) is 9.54. The molecule has 3 aliphatic rings. The Morgan fingerprint density at radius 2 is 2.00 bits per heavy atom. The molecular formula is C18H22O6. The molecule has 1 aliphatic carbocycles. The summed E-state index contributed by atoms with van der Waals surface area (Å²) in [6.07, 6.45) is -1.70. The second-order valence-electron chi connectivity index (χ2n) is 7.15. The minimum atomic E-state index is -0.744. The minimum Gasteiger partial charge on any atom is -0.461 e. The standard InChI is InChI=1S/C18H22O6/c1-18(2)23-15-13-11(8-12(19)14(13)22-17(15)24-18)16(20)21-9-10-6-4-3-5-7-10/h3-7,11-15,17,19H,8-9H2,1-2H3/t11?,12-,13+,14-,15-,17-/m1/s1. The molecule has 130 valence electrons. The zero-order valence-electron chi connectivity index (χ0n) is 13.8. The molecule has 0 spiro atoms. The molecule has 24 heavy (non-hydrogen) atoms. The lowest BCUT2D eigenvalue weighted by Gasteiger charge is -2.24. The van der Waals surface area contributed by atoms with Crippen molar-refractivity contribution < 1.29 is 28.8 Å². The van der Waals surface area contributed by atoms with E-state index in [1.54, 1.807) is 0 Å². The second-order valence-corrected chi connectivity index (χ2v) is 7.15. The Morgan fingerprint density at radius 3 is 2.75 bits per heavy atom. The Balaban J connectivity index is 1.46. The fourth-order valence-corrected chi connectivity index (χ4v) is 4.00. The second kappa shape index (κ2) is 5.81. The fourth-order valence-electron chi connectivity index (χ4n) is 4.00. The Kier molecular flexibility index (Phi) is 3.88. The van der Waals surface area contributed by atoms with Crippen LogP contribution in [0, 0.1) is 11.8 Å². The Labute approximate surface area is 140 Å². The molecule has 0 amide bonds. The SMILES string of the molecule is CC1(C)O[C@H]2O[C@H]3[C@H](C(C(=O)OCc4ccccc4)C[C@H]3O)[C@H]2O1. The topological polar surface area (TPSA) is 74.2 Å². The van der Waals surface area contributed by atoms with Crippen LogP contribution < -0.4 is 0 Å². The van der Waals surface area contributed by atoms with E-state index < -0.39 is 30.2 Å². The Bertz CT molecular complexity index is 615. The molecule has 2 aliphatic heterocycles. The van der Waals surface area contributed by atoms with Crippen LogP contribution in [0.1, 0.15) is 25.8 Å². The van der Waals surface area contributed by atoms with Crippen molar-refractivity contribution in [2.75, 3.05) is 0 Å². The third-order valence-corrected chi connectivity index (χ3v) is 5.00. The van der Waals surface area contributed by atoms with Gasteiger partial charge in [0.25, 0.3) is 0 Å². The van der Waals surface area contributed by atoms with Crippen LogP contribution in [0.3, 0.4) is 0 Å². The molecule has 6 nitrogen and oxygen atoms in total. The number of hydrogen-bond donors (Lipinski definition) is 1. The van der Waals surface area contributed by atoms with Gasteiger partial charge < -0.3 is 24.1 Å². The van der Waals surface area contributed by atoms with Crippen molar-refractivity contribution in [3.05, 3.63) is 35.9 Å². The van der Waals surface area contributed by atoms with Crippen LogP contribution in [0.15, 0.2) is 30.3 Å². The quantitative estimate of drug-likeness (QED) is 0.847. The monoisotopic (exact) mass is 334 g/mol. The lowest BCUT2D eigenvalue weighted by atomic mass is 9.91. The third-order valence-electron chi connectivity index (χ3n) is 5.00. The zero-order valence-corrected chi connectivity index (χ0v) is 13.8. The van der Waals surface area contributed by atoms with E-state index in [4.69, 9.17) is 18.9 Å². The van der Waals surface area contributed by atoms with Crippen molar-refractivity contribution in [3.63, 3.8) is 0 Å². The van der Waals surface area contributed by atoms with Gasteiger partial charge >= 0.3 is 5.97 Å². The molecule has 0 aromatic heterocycles. The molecule has 1 unspecified atom stereocenters. The molecule has 6 atom stereocenters. The van der Waals surface area contributed by atoms with Gasteiger partial charge in [0.1, 0.15) is 12.7 Å². The molecule has 6 heteroatoms. The minimum absolute atomic E-state index is 0.224. The van der Waals surface area contributed by atoms with Gasteiger partial charge in [-0.1, -0.05) is 30.3 Å². The van der Waals surface area contributed by atoms with E-state index in [0.29, 0.717) is 6.42 Å². The number of rotatable bonds is 3.